The van der Waals surface area contributed by atoms with Crippen LogP contribution in [-0.2, 0) is 13.1 Å². The Morgan fingerprint density at radius 1 is 1.14 bits per heavy atom. The molecule has 0 saturated carbocycles. The second-order valence-electron chi connectivity index (χ2n) is 7.10. The van der Waals surface area contributed by atoms with E-state index >= 15 is 0 Å². The van der Waals surface area contributed by atoms with Crippen LogP contribution in [0.15, 0.2) is 90.0 Å². The Labute approximate surface area is 174 Å². The quantitative estimate of drug-likeness (QED) is 0.319. The van der Waals surface area contributed by atoms with Gasteiger partial charge in [0.2, 0.25) is 0 Å². The first-order chi connectivity index (χ1) is 13.1. The number of aryl methyl sites for hydroxylation is 1. The number of allylic oxidation sites excluding steroid dienone is 4. The van der Waals surface area contributed by atoms with Crippen LogP contribution in [0.5, 0.6) is 0 Å². The lowest BCUT2D eigenvalue weighted by Crippen LogP contribution is -2.28. The highest BCUT2D eigenvalue weighted by molar-refractivity contribution is 7.80. The monoisotopic (exact) mass is 391 g/mol. The third-order valence-electron chi connectivity index (χ3n) is 4.97. The van der Waals surface area contributed by atoms with Gasteiger partial charge in [-0.15, -0.1) is 0 Å². The fourth-order valence-electron chi connectivity index (χ4n) is 2.75. The van der Waals surface area contributed by atoms with Gasteiger partial charge in [-0.1, -0.05) is 56.7 Å². The molecule has 0 atom stereocenters. The first-order valence-electron chi connectivity index (χ1n) is 9.14. The van der Waals surface area contributed by atoms with E-state index < -0.39 is 0 Å². The fourth-order valence-corrected chi connectivity index (χ4v) is 2.81. The maximum Gasteiger partial charge on any atom is 0.0657 e. The van der Waals surface area contributed by atoms with E-state index in [0.717, 1.165) is 38.6 Å². The first-order valence-corrected chi connectivity index (χ1v) is 9.54. The van der Waals surface area contributed by atoms with Crippen molar-refractivity contribution in [3.05, 3.63) is 107 Å². The van der Waals surface area contributed by atoms with Crippen molar-refractivity contribution in [3.63, 3.8) is 0 Å². The number of thiocarbonyl (C=S) groups is 1. The van der Waals surface area contributed by atoms with E-state index in [-0.39, 0.29) is 0 Å². The van der Waals surface area contributed by atoms with Crippen LogP contribution >= 0.6 is 12.2 Å². The number of hydrogen-bond donors (Lipinski definition) is 3. The van der Waals surface area contributed by atoms with Crippen LogP contribution in [-0.4, -0.2) is 4.86 Å². The summed E-state index contributed by atoms with van der Waals surface area (Å²) in [7, 11) is 0. The van der Waals surface area contributed by atoms with Gasteiger partial charge in [-0.25, -0.2) is 0 Å². The summed E-state index contributed by atoms with van der Waals surface area (Å²) in [5.74, 6) is 0. The molecular weight excluding hydrogens is 362 g/mol. The van der Waals surface area contributed by atoms with E-state index in [0.29, 0.717) is 18.8 Å². The second-order valence-corrected chi connectivity index (χ2v) is 7.71. The van der Waals surface area contributed by atoms with Gasteiger partial charge in [0.1, 0.15) is 0 Å². The van der Waals surface area contributed by atoms with Crippen LogP contribution in [0.4, 0.5) is 0 Å². The number of nitrogens with one attached hydrogen (secondary N) is 2. The minimum Gasteiger partial charge on any atom is -0.397 e. The molecule has 4 N–H and O–H groups in total. The topological polar surface area (TPSA) is 50.1 Å². The van der Waals surface area contributed by atoms with Gasteiger partial charge in [-0.3, -0.25) is 0 Å². The van der Waals surface area contributed by atoms with E-state index in [9.17, 15) is 0 Å². The van der Waals surface area contributed by atoms with E-state index in [1.54, 1.807) is 0 Å². The summed E-state index contributed by atoms with van der Waals surface area (Å²) in [6, 6.07) is 6.42. The molecular formula is C24H29N3S. The van der Waals surface area contributed by atoms with Crippen molar-refractivity contribution >= 4 is 17.1 Å². The minimum atomic E-state index is 0.670. The summed E-state index contributed by atoms with van der Waals surface area (Å²) >= 11 is 5.18. The highest BCUT2D eigenvalue weighted by Crippen LogP contribution is 2.32. The Kier molecular flexibility index (Phi) is 6.81. The third-order valence-corrected chi connectivity index (χ3v) is 5.29. The average molecular weight is 392 g/mol. The second kappa shape index (κ2) is 8.89. The molecule has 1 aliphatic rings. The molecule has 4 heteroatoms. The molecule has 3 nitrogen and oxygen atoms in total. The van der Waals surface area contributed by atoms with Crippen molar-refractivity contribution in [1.29, 1.82) is 0 Å². The number of benzene rings is 1. The number of nitrogens with two attached hydrogens (primary N) is 1. The molecule has 1 aliphatic carbocycles. The van der Waals surface area contributed by atoms with Crippen molar-refractivity contribution < 1.29 is 0 Å². The van der Waals surface area contributed by atoms with E-state index in [2.05, 4.69) is 62.1 Å². The molecule has 0 spiro atoms. The van der Waals surface area contributed by atoms with E-state index in [1.165, 1.54) is 16.7 Å². The Hall–Kier alpha value is -2.85. The molecule has 0 radical (unpaired) electrons. The van der Waals surface area contributed by atoms with Gasteiger partial charge in [0.05, 0.1) is 11.4 Å². The third kappa shape index (κ3) is 4.90. The lowest BCUT2D eigenvalue weighted by molar-refractivity contribution is 0.778. The number of rotatable bonds is 9. The minimum absolute atomic E-state index is 0.670. The molecule has 2 rings (SSSR count). The smallest absolute Gasteiger partial charge is 0.0657 e. The molecule has 0 amide bonds. The Morgan fingerprint density at radius 3 is 2.43 bits per heavy atom. The van der Waals surface area contributed by atoms with Crippen LogP contribution in [0.25, 0.3) is 0 Å². The van der Waals surface area contributed by atoms with Crippen LogP contribution < -0.4 is 16.4 Å². The van der Waals surface area contributed by atoms with Crippen molar-refractivity contribution in [2.24, 2.45) is 5.73 Å². The zero-order chi connectivity index (χ0) is 21.0. The lowest BCUT2D eigenvalue weighted by Gasteiger charge is -2.27. The molecule has 0 aromatic heterocycles. The van der Waals surface area contributed by atoms with E-state index in [1.807, 2.05) is 19.9 Å². The highest BCUT2D eigenvalue weighted by Gasteiger charge is 2.23. The van der Waals surface area contributed by atoms with Crippen LogP contribution in [0.1, 0.15) is 30.5 Å². The predicted octanol–water partition coefficient (Wildman–Crippen LogP) is 4.88. The molecule has 1 aromatic rings. The van der Waals surface area contributed by atoms with Crippen molar-refractivity contribution in [2.75, 3.05) is 0 Å². The molecule has 0 heterocycles. The summed E-state index contributed by atoms with van der Waals surface area (Å²) in [6.07, 6.45) is 1.96. The van der Waals surface area contributed by atoms with Crippen LogP contribution in [0.2, 0.25) is 0 Å². The SMILES string of the molecule is C=C(/C=C(\C)C(C)=S)C(=C)NCc1ccc(C)c(CNC2=C(N)C(=C)C2=C)c1. The van der Waals surface area contributed by atoms with Crippen molar-refractivity contribution in [3.8, 4) is 0 Å². The number of hydrogen-bond acceptors (Lipinski definition) is 4. The Bertz CT molecular complexity index is 945. The average Bonchev–Trinajstić information content (AvgIpc) is 2.67. The van der Waals surface area contributed by atoms with Gasteiger partial charge < -0.3 is 16.4 Å². The molecule has 0 aliphatic heterocycles. The highest BCUT2D eigenvalue weighted by atomic mass is 32.1. The zero-order valence-corrected chi connectivity index (χ0v) is 17.9. The summed E-state index contributed by atoms with van der Waals surface area (Å²) in [5.41, 5.74) is 15.5. The molecule has 0 fully saturated rings. The Balaban J connectivity index is 1.99. The normalized spacial score (nSPS) is 13.9. The van der Waals surface area contributed by atoms with Gasteiger partial charge in [-0.05, 0) is 54.7 Å². The van der Waals surface area contributed by atoms with Gasteiger partial charge in [0, 0.05) is 34.8 Å². The molecule has 146 valence electrons. The van der Waals surface area contributed by atoms with Crippen molar-refractivity contribution in [2.45, 2.75) is 33.9 Å². The predicted molar refractivity (Wildman–Crippen MR) is 125 cm³/mol. The summed E-state index contributed by atoms with van der Waals surface area (Å²) < 4.78 is 0. The molecule has 0 unspecified atom stereocenters. The largest absolute Gasteiger partial charge is 0.397 e. The van der Waals surface area contributed by atoms with Crippen LogP contribution in [0, 0.1) is 6.92 Å². The molecule has 1 aromatic carbocycles. The van der Waals surface area contributed by atoms with Crippen molar-refractivity contribution in [1.82, 2.24) is 10.6 Å². The molecule has 0 bridgehead atoms. The van der Waals surface area contributed by atoms with Gasteiger partial charge in [-0.2, -0.15) is 0 Å². The van der Waals surface area contributed by atoms with Gasteiger partial charge >= 0.3 is 0 Å². The van der Waals surface area contributed by atoms with E-state index in [4.69, 9.17) is 18.0 Å². The first kappa shape index (κ1) is 21.5. The Morgan fingerprint density at radius 2 is 1.82 bits per heavy atom. The summed E-state index contributed by atoms with van der Waals surface area (Å²) in [4.78, 5) is 0.859. The maximum absolute atomic E-state index is 5.97. The fraction of sp³-hybridized carbons (Fsp3) is 0.208. The van der Waals surface area contributed by atoms with Gasteiger partial charge in [0.25, 0.3) is 0 Å². The van der Waals surface area contributed by atoms with Crippen LogP contribution in [0.3, 0.4) is 0 Å². The summed E-state index contributed by atoms with van der Waals surface area (Å²) in [5, 5.41) is 6.71. The lowest BCUT2D eigenvalue weighted by atomic mass is 9.90. The zero-order valence-electron chi connectivity index (χ0n) is 17.0. The van der Waals surface area contributed by atoms with Gasteiger partial charge in [0.15, 0.2) is 0 Å². The standard InChI is InChI=1S/C24H29N3S/c1-14-8-9-21(12-26-19(6)15(2)10-16(3)20(7)28)11-22(14)13-27-24-18(5)17(4)23(24)25/h8-11,26-27H,2,4-6,12-13,25H2,1,3,7H3/b16-10+. The maximum atomic E-state index is 5.97. The molecule has 28 heavy (non-hydrogen) atoms. The molecule has 0 saturated heterocycles. The summed E-state index contributed by atoms with van der Waals surface area (Å²) in [6.45, 7) is 23.4.